The van der Waals surface area contributed by atoms with E-state index in [-0.39, 0.29) is 6.04 Å². The van der Waals surface area contributed by atoms with Crippen molar-refractivity contribution in [3.05, 3.63) is 0 Å². The van der Waals surface area contributed by atoms with Crippen LogP contribution in [0.25, 0.3) is 0 Å². The zero-order valence-corrected chi connectivity index (χ0v) is 11.8. The molecule has 3 nitrogen and oxygen atoms in total. The monoisotopic (exact) mass is 240 g/mol. The summed E-state index contributed by atoms with van der Waals surface area (Å²) in [5, 5.41) is 0. The molecule has 0 bridgehead atoms. The number of rotatable bonds is 4. The van der Waals surface area contributed by atoms with Gasteiger partial charge in [0, 0.05) is 25.0 Å². The number of amides is 1. The lowest BCUT2D eigenvalue weighted by atomic mass is 9.89. The van der Waals surface area contributed by atoms with Gasteiger partial charge in [0.25, 0.3) is 0 Å². The first-order chi connectivity index (χ1) is 7.95. The lowest BCUT2D eigenvalue weighted by Crippen LogP contribution is -2.48. The van der Waals surface area contributed by atoms with Crippen molar-refractivity contribution in [3.8, 4) is 0 Å². The average molecular weight is 240 g/mol. The molecule has 1 aliphatic heterocycles. The summed E-state index contributed by atoms with van der Waals surface area (Å²) in [5.41, 5.74) is 5.93. The van der Waals surface area contributed by atoms with E-state index in [0.29, 0.717) is 30.2 Å². The summed E-state index contributed by atoms with van der Waals surface area (Å²) in [7, 11) is 0. The van der Waals surface area contributed by atoms with Crippen molar-refractivity contribution in [1.82, 2.24) is 4.90 Å². The van der Waals surface area contributed by atoms with E-state index in [9.17, 15) is 4.79 Å². The highest BCUT2D eigenvalue weighted by atomic mass is 16.2. The lowest BCUT2D eigenvalue weighted by molar-refractivity contribution is -0.136. The summed E-state index contributed by atoms with van der Waals surface area (Å²) in [6, 6.07) is 0.594. The fraction of sp³-hybridized carbons (Fsp3) is 0.929. The van der Waals surface area contributed by atoms with Crippen molar-refractivity contribution in [3.63, 3.8) is 0 Å². The zero-order valence-electron chi connectivity index (χ0n) is 11.8. The van der Waals surface area contributed by atoms with Crippen molar-refractivity contribution >= 4 is 5.91 Å². The first kappa shape index (κ1) is 14.5. The van der Waals surface area contributed by atoms with Crippen LogP contribution in [0.2, 0.25) is 0 Å². The molecule has 0 radical (unpaired) electrons. The van der Waals surface area contributed by atoms with Crippen LogP contribution in [-0.4, -0.2) is 29.4 Å². The second kappa shape index (κ2) is 6.39. The van der Waals surface area contributed by atoms with Crippen LogP contribution in [0, 0.1) is 11.8 Å². The number of piperidine rings is 1. The summed E-state index contributed by atoms with van der Waals surface area (Å²) in [4.78, 5) is 14.3. The summed E-state index contributed by atoms with van der Waals surface area (Å²) in [6.45, 7) is 9.55. The third kappa shape index (κ3) is 3.98. The van der Waals surface area contributed by atoms with Crippen LogP contribution in [0.4, 0.5) is 0 Å². The van der Waals surface area contributed by atoms with Gasteiger partial charge in [-0.1, -0.05) is 27.2 Å². The third-order valence-electron chi connectivity index (χ3n) is 4.14. The summed E-state index contributed by atoms with van der Waals surface area (Å²) in [6.07, 6.45) is 3.69. The molecule has 1 heterocycles. The Morgan fingerprint density at radius 1 is 1.47 bits per heavy atom. The molecule has 0 aromatic rings. The van der Waals surface area contributed by atoms with E-state index in [4.69, 9.17) is 5.73 Å². The van der Waals surface area contributed by atoms with Gasteiger partial charge >= 0.3 is 0 Å². The minimum Gasteiger partial charge on any atom is -0.340 e. The predicted molar refractivity (Wildman–Crippen MR) is 71.6 cm³/mol. The highest BCUT2D eigenvalue weighted by Gasteiger charge is 2.28. The van der Waals surface area contributed by atoms with Gasteiger partial charge in [-0.25, -0.2) is 0 Å². The predicted octanol–water partition coefficient (Wildman–Crippen LogP) is 2.40. The molecule has 1 fully saturated rings. The van der Waals surface area contributed by atoms with E-state index < -0.39 is 0 Å². The molecule has 0 aliphatic carbocycles. The fourth-order valence-electron chi connectivity index (χ4n) is 2.77. The molecule has 0 saturated carbocycles. The van der Waals surface area contributed by atoms with Gasteiger partial charge in [0.05, 0.1) is 0 Å². The van der Waals surface area contributed by atoms with Crippen LogP contribution >= 0.6 is 0 Å². The molecule has 0 spiro atoms. The maximum absolute atomic E-state index is 12.3. The molecule has 0 aromatic heterocycles. The molecule has 1 rings (SSSR count). The number of likely N-dealkylation sites (tertiary alicyclic amines) is 1. The van der Waals surface area contributed by atoms with Crippen molar-refractivity contribution in [2.24, 2.45) is 17.6 Å². The maximum Gasteiger partial charge on any atom is 0.223 e. The van der Waals surface area contributed by atoms with E-state index in [1.54, 1.807) is 0 Å². The first-order valence-corrected chi connectivity index (χ1v) is 7.00. The van der Waals surface area contributed by atoms with E-state index >= 15 is 0 Å². The Kier molecular flexibility index (Phi) is 5.44. The highest BCUT2D eigenvalue weighted by Crippen LogP contribution is 2.23. The Balaban J connectivity index is 2.52. The molecular formula is C14H28N2O. The topological polar surface area (TPSA) is 46.3 Å². The quantitative estimate of drug-likeness (QED) is 0.820. The fourth-order valence-corrected chi connectivity index (χ4v) is 2.77. The largest absolute Gasteiger partial charge is 0.340 e. The smallest absolute Gasteiger partial charge is 0.223 e. The van der Waals surface area contributed by atoms with Crippen molar-refractivity contribution in [2.45, 2.75) is 65.5 Å². The van der Waals surface area contributed by atoms with Crippen LogP contribution in [-0.2, 0) is 4.79 Å². The minimum atomic E-state index is 0.279. The Morgan fingerprint density at radius 2 is 2.12 bits per heavy atom. The number of hydrogen-bond acceptors (Lipinski definition) is 2. The number of nitrogens with zero attached hydrogens (tertiary/aromatic N) is 1. The van der Waals surface area contributed by atoms with Gasteiger partial charge in [-0.2, -0.15) is 0 Å². The summed E-state index contributed by atoms with van der Waals surface area (Å²) < 4.78 is 0. The Hall–Kier alpha value is -0.570. The summed E-state index contributed by atoms with van der Waals surface area (Å²) in [5.74, 6) is 1.43. The molecule has 1 amide bonds. The van der Waals surface area contributed by atoms with Crippen molar-refractivity contribution in [2.75, 3.05) is 6.54 Å². The molecular weight excluding hydrogens is 212 g/mol. The molecule has 1 saturated heterocycles. The molecule has 1 aliphatic rings. The molecule has 3 heteroatoms. The maximum atomic E-state index is 12.3. The molecule has 100 valence electrons. The van der Waals surface area contributed by atoms with E-state index in [1.807, 2.05) is 4.90 Å². The van der Waals surface area contributed by atoms with Gasteiger partial charge in [0.15, 0.2) is 0 Å². The van der Waals surface area contributed by atoms with Gasteiger partial charge in [0.2, 0.25) is 5.91 Å². The Labute approximate surface area is 106 Å². The first-order valence-electron chi connectivity index (χ1n) is 7.00. The van der Waals surface area contributed by atoms with E-state index in [1.165, 1.54) is 0 Å². The van der Waals surface area contributed by atoms with Crippen LogP contribution in [0.5, 0.6) is 0 Å². The number of nitrogens with two attached hydrogens (primary N) is 1. The standard InChI is InChI=1S/C14H28N2O/c1-5-12(10(2)3)9-14(17)16-7-6-13(15)8-11(16)4/h10-13H,5-9,15H2,1-4H3/t11-,12-,13-/m1/s1. The summed E-state index contributed by atoms with van der Waals surface area (Å²) >= 11 is 0. The molecule has 17 heavy (non-hydrogen) atoms. The molecule has 0 aromatic carbocycles. The second-order valence-corrected chi connectivity index (χ2v) is 5.84. The van der Waals surface area contributed by atoms with E-state index in [2.05, 4.69) is 27.7 Å². The van der Waals surface area contributed by atoms with Crippen molar-refractivity contribution < 1.29 is 4.79 Å². The van der Waals surface area contributed by atoms with Crippen LogP contribution in [0.1, 0.15) is 53.4 Å². The normalized spacial score (nSPS) is 27.3. The van der Waals surface area contributed by atoms with Gasteiger partial charge < -0.3 is 10.6 Å². The van der Waals surface area contributed by atoms with Crippen LogP contribution in [0.3, 0.4) is 0 Å². The molecule has 3 atom stereocenters. The Morgan fingerprint density at radius 3 is 2.59 bits per heavy atom. The number of carbonyl (C=O) groups excluding carboxylic acids is 1. The molecule has 0 unspecified atom stereocenters. The van der Waals surface area contributed by atoms with Gasteiger partial charge in [-0.3, -0.25) is 4.79 Å². The lowest BCUT2D eigenvalue weighted by Gasteiger charge is -2.37. The van der Waals surface area contributed by atoms with Crippen molar-refractivity contribution in [1.29, 1.82) is 0 Å². The highest BCUT2D eigenvalue weighted by molar-refractivity contribution is 5.76. The van der Waals surface area contributed by atoms with Gasteiger partial charge in [-0.15, -0.1) is 0 Å². The minimum absolute atomic E-state index is 0.279. The zero-order chi connectivity index (χ0) is 13.0. The average Bonchev–Trinajstić information content (AvgIpc) is 2.24. The third-order valence-corrected chi connectivity index (χ3v) is 4.14. The van der Waals surface area contributed by atoms with Crippen LogP contribution < -0.4 is 5.73 Å². The van der Waals surface area contributed by atoms with Crippen LogP contribution in [0.15, 0.2) is 0 Å². The van der Waals surface area contributed by atoms with Gasteiger partial charge in [-0.05, 0) is 31.6 Å². The number of carbonyl (C=O) groups is 1. The molecule has 2 N–H and O–H groups in total. The van der Waals surface area contributed by atoms with Gasteiger partial charge in [0.1, 0.15) is 0 Å². The Bertz CT molecular complexity index is 253. The number of hydrogen-bond donors (Lipinski definition) is 1. The SMILES string of the molecule is CC[C@H](CC(=O)N1CC[C@@H](N)C[C@H]1C)C(C)C. The van der Waals surface area contributed by atoms with E-state index in [0.717, 1.165) is 25.8 Å². The second-order valence-electron chi connectivity index (χ2n) is 5.84.